The number of nitrogens with one attached hydrogen (secondary N) is 4. The molecule has 0 saturated carbocycles. The fraction of sp³-hybridized carbons (Fsp3) is 0.0870. The van der Waals surface area contributed by atoms with E-state index in [9.17, 15) is 14.4 Å². The van der Waals surface area contributed by atoms with E-state index >= 15 is 0 Å². The van der Waals surface area contributed by atoms with Crippen LogP contribution in [-0.4, -0.2) is 23.9 Å². The summed E-state index contributed by atoms with van der Waals surface area (Å²) in [6, 6.07) is 21.5. The van der Waals surface area contributed by atoms with Crippen LogP contribution in [0.15, 0.2) is 83.3 Å². The molecule has 0 heterocycles. The molecule has 1 atom stereocenters. The summed E-state index contributed by atoms with van der Waals surface area (Å²) in [7, 11) is 0. The molecule has 0 fully saturated rings. The van der Waals surface area contributed by atoms with Gasteiger partial charge in [0.05, 0.1) is 0 Å². The van der Waals surface area contributed by atoms with Crippen LogP contribution in [0.4, 0.5) is 21.9 Å². The van der Waals surface area contributed by atoms with Crippen molar-refractivity contribution in [2.24, 2.45) is 0 Å². The molecule has 3 aromatic carbocycles. The van der Waals surface area contributed by atoms with Crippen molar-refractivity contribution in [3.8, 4) is 0 Å². The zero-order valence-corrected chi connectivity index (χ0v) is 18.3. The topological polar surface area (TPSA) is 99.3 Å². The minimum atomic E-state index is -0.755. The predicted octanol–water partition coefficient (Wildman–Crippen LogP) is 4.85. The molecule has 0 aliphatic heterocycles. The average Bonchev–Trinajstić information content (AvgIpc) is 2.75. The number of para-hydroxylation sites is 1. The van der Waals surface area contributed by atoms with Crippen molar-refractivity contribution < 1.29 is 14.4 Å². The maximum atomic E-state index is 12.5. The summed E-state index contributed by atoms with van der Waals surface area (Å²) >= 11 is 3.32. The third kappa shape index (κ3) is 6.68. The van der Waals surface area contributed by atoms with Crippen molar-refractivity contribution in [1.29, 1.82) is 0 Å². The minimum Gasteiger partial charge on any atom is -0.341 e. The van der Waals surface area contributed by atoms with Crippen LogP contribution in [0.3, 0.4) is 0 Å². The first-order valence-corrected chi connectivity index (χ1v) is 10.3. The van der Waals surface area contributed by atoms with Crippen LogP contribution in [0, 0.1) is 0 Å². The number of carbonyl (C=O) groups excluding carboxylic acids is 3. The molecule has 0 aromatic heterocycles. The lowest BCUT2D eigenvalue weighted by atomic mass is 10.2. The quantitative estimate of drug-likeness (QED) is 0.405. The number of rotatable bonds is 6. The molecule has 31 heavy (non-hydrogen) atoms. The van der Waals surface area contributed by atoms with Crippen molar-refractivity contribution in [2.45, 2.75) is 13.0 Å². The Bertz CT molecular complexity index is 1070. The van der Waals surface area contributed by atoms with Crippen molar-refractivity contribution >= 4 is 50.8 Å². The van der Waals surface area contributed by atoms with Crippen LogP contribution in [0.5, 0.6) is 0 Å². The molecule has 8 heteroatoms. The van der Waals surface area contributed by atoms with Gasteiger partial charge in [-0.05, 0) is 61.5 Å². The van der Waals surface area contributed by atoms with Gasteiger partial charge in [0.25, 0.3) is 5.91 Å². The molecular formula is C23H21BrN4O3. The third-order valence-corrected chi connectivity index (χ3v) is 4.80. The van der Waals surface area contributed by atoms with Gasteiger partial charge in [0.2, 0.25) is 5.91 Å². The molecule has 7 nitrogen and oxygen atoms in total. The van der Waals surface area contributed by atoms with Crippen molar-refractivity contribution in [1.82, 2.24) is 5.32 Å². The summed E-state index contributed by atoms with van der Waals surface area (Å²) < 4.78 is 0.862. The summed E-state index contributed by atoms with van der Waals surface area (Å²) in [4.78, 5) is 36.9. The van der Waals surface area contributed by atoms with E-state index in [1.807, 2.05) is 18.2 Å². The number of hydrogen-bond acceptors (Lipinski definition) is 3. The van der Waals surface area contributed by atoms with Gasteiger partial charge < -0.3 is 21.3 Å². The largest absolute Gasteiger partial charge is 0.341 e. The lowest BCUT2D eigenvalue weighted by molar-refractivity contribution is -0.117. The fourth-order valence-corrected chi connectivity index (χ4v) is 2.95. The van der Waals surface area contributed by atoms with Crippen molar-refractivity contribution in [3.63, 3.8) is 0 Å². The van der Waals surface area contributed by atoms with Gasteiger partial charge in [0.1, 0.15) is 6.04 Å². The van der Waals surface area contributed by atoms with Gasteiger partial charge in [-0.1, -0.05) is 40.2 Å². The maximum Gasteiger partial charge on any atom is 0.323 e. The first-order chi connectivity index (χ1) is 14.9. The molecule has 1 unspecified atom stereocenters. The van der Waals surface area contributed by atoms with Crippen LogP contribution < -0.4 is 21.3 Å². The lowest BCUT2D eigenvalue weighted by Gasteiger charge is -2.15. The Balaban J connectivity index is 1.55. The summed E-state index contributed by atoms with van der Waals surface area (Å²) in [6.45, 7) is 1.60. The van der Waals surface area contributed by atoms with E-state index in [0.29, 0.717) is 22.6 Å². The third-order valence-electron chi connectivity index (χ3n) is 4.27. The number of urea groups is 1. The summed E-state index contributed by atoms with van der Waals surface area (Å²) in [5.74, 6) is -0.723. The van der Waals surface area contributed by atoms with E-state index in [1.54, 1.807) is 67.6 Å². The number of hydrogen-bond donors (Lipinski definition) is 4. The SMILES string of the molecule is CC(NC(=O)c1ccc(Br)cc1)C(=O)Nc1cccc(NC(=O)Nc2ccccc2)c1. The predicted molar refractivity (Wildman–Crippen MR) is 125 cm³/mol. The molecule has 0 aliphatic rings. The van der Waals surface area contributed by atoms with Gasteiger partial charge in [-0.15, -0.1) is 0 Å². The monoisotopic (exact) mass is 480 g/mol. The number of carbonyl (C=O) groups is 3. The van der Waals surface area contributed by atoms with Gasteiger partial charge in [-0.3, -0.25) is 9.59 Å². The zero-order chi connectivity index (χ0) is 22.2. The van der Waals surface area contributed by atoms with Crippen LogP contribution in [0.25, 0.3) is 0 Å². The molecular weight excluding hydrogens is 460 g/mol. The number of halogens is 1. The van der Waals surface area contributed by atoms with E-state index < -0.39 is 12.1 Å². The highest BCUT2D eigenvalue weighted by Crippen LogP contribution is 2.16. The highest BCUT2D eigenvalue weighted by atomic mass is 79.9. The second-order valence-electron chi connectivity index (χ2n) is 6.72. The van der Waals surface area contributed by atoms with Gasteiger partial charge in [0, 0.05) is 27.1 Å². The first-order valence-electron chi connectivity index (χ1n) is 9.51. The van der Waals surface area contributed by atoms with Gasteiger partial charge in [-0.2, -0.15) is 0 Å². The van der Waals surface area contributed by atoms with Crippen molar-refractivity contribution in [2.75, 3.05) is 16.0 Å². The first kappa shape index (κ1) is 22.0. The van der Waals surface area contributed by atoms with E-state index in [1.165, 1.54) is 0 Å². The lowest BCUT2D eigenvalue weighted by Crippen LogP contribution is -2.41. The Morgan fingerprint density at radius 1 is 0.742 bits per heavy atom. The number of amides is 4. The van der Waals surface area contributed by atoms with Gasteiger partial charge in [-0.25, -0.2) is 4.79 Å². The molecule has 4 amide bonds. The number of anilines is 3. The van der Waals surface area contributed by atoms with Crippen LogP contribution in [0.2, 0.25) is 0 Å². The smallest absolute Gasteiger partial charge is 0.323 e. The number of benzene rings is 3. The Kier molecular flexibility index (Phi) is 7.40. The minimum absolute atomic E-state index is 0.344. The average molecular weight is 481 g/mol. The van der Waals surface area contributed by atoms with Crippen molar-refractivity contribution in [3.05, 3.63) is 88.9 Å². The summed E-state index contributed by atoms with van der Waals surface area (Å²) in [6.07, 6.45) is 0. The van der Waals surface area contributed by atoms with Gasteiger partial charge >= 0.3 is 6.03 Å². The highest BCUT2D eigenvalue weighted by Gasteiger charge is 2.17. The van der Waals surface area contributed by atoms with Gasteiger partial charge in [0.15, 0.2) is 0 Å². The molecule has 0 spiro atoms. The second kappa shape index (κ2) is 10.4. The molecule has 3 aromatic rings. The molecule has 0 bridgehead atoms. The molecule has 0 radical (unpaired) electrons. The van der Waals surface area contributed by atoms with E-state index in [0.717, 1.165) is 4.47 Å². The van der Waals surface area contributed by atoms with E-state index in [4.69, 9.17) is 0 Å². The molecule has 0 saturated heterocycles. The molecule has 0 aliphatic carbocycles. The second-order valence-corrected chi connectivity index (χ2v) is 7.63. The van der Waals surface area contributed by atoms with E-state index in [-0.39, 0.29) is 11.8 Å². The molecule has 3 rings (SSSR count). The Morgan fingerprint density at radius 3 is 2.00 bits per heavy atom. The van der Waals surface area contributed by atoms with Crippen LogP contribution in [0.1, 0.15) is 17.3 Å². The van der Waals surface area contributed by atoms with Crippen LogP contribution >= 0.6 is 15.9 Å². The zero-order valence-electron chi connectivity index (χ0n) is 16.7. The Labute approximate surface area is 188 Å². The normalized spacial score (nSPS) is 11.2. The maximum absolute atomic E-state index is 12.5. The summed E-state index contributed by atoms with van der Waals surface area (Å²) in [5.41, 5.74) is 2.13. The highest BCUT2D eigenvalue weighted by molar-refractivity contribution is 9.10. The summed E-state index contributed by atoms with van der Waals surface area (Å²) in [5, 5.41) is 10.8. The van der Waals surface area contributed by atoms with E-state index in [2.05, 4.69) is 37.2 Å². The Hall–Kier alpha value is -3.65. The fourth-order valence-electron chi connectivity index (χ4n) is 2.69. The standard InChI is InChI=1S/C23H21BrN4O3/c1-15(25-22(30)16-10-12-17(24)13-11-16)21(29)26-19-8-5-9-20(14-19)28-23(31)27-18-6-3-2-4-7-18/h2-15H,1H3,(H,25,30)(H,26,29)(H2,27,28,31). The van der Waals surface area contributed by atoms with Crippen LogP contribution in [-0.2, 0) is 4.79 Å². The molecule has 158 valence electrons. The molecule has 4 N–H and O–H groups in total. The Morgan fingerprint density at radius 2 is 1.32 bits per heavy atom.